The zero-order chi connectivity index (χ0) is 18.0. The van der Waals surface area contributed by atoms with Gasteiger partial charge in [-0.1, -0.05) is 6.92 Å². The van der Waals surface area contributed by atoms with Crippen molar-refractivity contribution in [2.24, 2.45) is 7.05 Å². The maximum absolute atomic E-state index is 11.1. The first-order chi connectivity index (χ1) is 12.0. The Morgan fingerprint density at radius 1 is 1.28 bits per heavy atom. The second-order valence-electron chi connectivity index (χ2n) is 6.33. The minimum absolute atomic E-state index is 0.165. The van der Waals surface area contributed by atoms with E-state index < -0.39 is 4.92 Å². The summed E-state index contributed by atoms with van der Waals surface area (Å²) >= 11 is 0. The molecule has 134 valence electrons. The van der Waals surface area contributed by atoms with Gasteiger partial charge >= 0.3 is 5.82 Å². The molecule has 2 aromatic rings. The lowest BCUT2D eigenvalue weighted by atomic mass is 10.1. The summed E-state index contributed by atoms with van der Waals surface area (Å²) in [6, 6.07) is 6.18. The number of nitrogens with zero attached hydrogens (tertiary/aromatic N) is 5. The molecular weight excluding hydrogens is 320 g/mol. The van der Waals surface area contributed by atoms with Crippen LogP contribution in [0.3, 0.4) is 0 Å². The van der Waals surface area contributed by atoms with E-state index in [-0.39, 0.29) is 5.82 Å². The Morgan fingerprint density at radius 2 is 2.00 bits per heavy atom. The van der Waals surface area contributed by atoms with Crippen molar-refractivity contribution in [3.05, 3.63) is 40.2 Å². The van der Waals surface area contributed by atoms with Crippen molar-refractivity contribution in [3.8, 4) is 0 Å². The Morgan fingerprint density at radius 3 is 2.60 bits per heavy atom. The van der Waals surface area contributed by atoms with Crippen molar-refractivity contribution in [1.82, 2.24) is 14.5 Å². The number of nitro groups is 1. The molecular formula is C17H24N6O2. The highest BCUT2D eigenvalue weighted by atomic mass is 16.6. The lowest BCUT2D eigenvalue weighted by Crippen LogP contribution is -2.46. The first kappa shape index (κ1) is 17.2. The molecule has 1 saturated heterocycles. The van der Waals surface area contributed by atoms with Crippen molar-refractivity contribution in [2.45, 2.75) is 13.8 Å². The van der Waals surface area contributed by atoms with Gasteiger partial charge in [0.15, 0.2) is 0 Å². The fourth-order valence-electron chi connectivity index (χ4n) is 3.13. The first-order valence-electron chi connectivity index (χ1n) is 8.50. The first-order valence-corrected chi connectivity index (χ1v) is 8.50. The second kappa shape index (κ2) is 7.10. The van der Waals surface area contributed by atoms with Gasteiger partial charge in [0.05, 0.1) is 0 Å². The fraction of sp³-hybridized carbons (Fsp3) is 0.471. The number of piperazine rings is 1. The van der Waals surface area contributed by atoms with Crippen LogP contribution in [0.15, 0.2) is 24.5 Å². The Kier molecular flexibility index (Phi) is 4.89. The van der Waals surface area contributed by atoms with Crippen LogP contribution in [0.4, 0.5) is 23.0 Å². The van der Waals surface area contributed by atoms with Gasteiger partial charge in [-0.05, 0) is 47.1 Å². The van der Waals surface area contributed by atoms with Gasteiger partial charge in [0.1, 0.15) is 0 Å². The van der Waals surface area contributed by atoms with Crippen molar-refractivity contribution >= 4 is 23.0 Å². The van der Waals surface area contributed by atoms with Crippen LogP contribution in [0.25, 0.3) is 0 Å². The number of likely N-dealkylation sites (N-methyl/N-ethyl adjacent to an activating group) is 1. The molecule has 0 saturated carbocycles. The van der Waals surface area contributed by atoms with Crippen LogP contribution in [0, 0.1) is 17.0 Å². The SMILES string of the molecule is CCN1CCN(c2ccc(Nc3c([N+](=O)[O-])ncn3C)c(C)c2)CC1. The average Bonchev–Trinajstić information content (AvgIpc) is 2.97. The molecule has 0 spiro atoms. The predicted molar refractivity (Wildman–Crippen MR) is 98.7 cm³/mol. The van der Waals surface area contributed by atoms with Crippen molar-refractivity contribution in [2.75, 3.05) is 42.9 Å². The third-order valence-corrected chi connectivity index (χ3v) is 4.74. The normalized spacial score (nSPS) is 15.4. The number of anilines is 3. The van der Waals surface area contributed by atoms with Crippen molar-refractivity contribution in [1.29, 1.82) is 0 Å². The van der Waals surface area contributed by atoms with Crippen molar-refractivity contribution in [3.63, 3.8) is 0 Å². The summed E-state index contributed by atoms with van der Waals surface area (Å²) < 4.78 is 1.62. The third-order valence-electron chi connectivity index (χ3n) is 4.74. The Bertz CT molecular complexity index is 764. The molecule has 0 amide bonds. The number of aromatic nitrogens is 2. The van der Waals surface area contributed by atoms with Gasteiger partial charge in [0.25, 0.3) is 0 Å². The topological polar surface area (TPSA) is 79.5 Å². The molecule has 8 heteroatoms. The summed E-state index contributed by atoms with van der Waals surface area (Å²) in [6.07, 6.45) is 1.44. The van der Waals surface area contributed by atoms with Gasteiger partial charge < -0.3 is 25.2 Å². The molecule has 3 rings (SSSR count). The molecule has 8 nitrogen and oxygen atoms in total. The lowest BCUT2D eigenvalue weighted by Gasteiger charge is -2.35. The van der Waals surface area contributed by atoms with Crippen LogP contribution in [-0.2, 0) is 7.05 Å². The average molecular weight is 344 g/mol. The van der Waals surface area contributed by atoms with E-state index in [2.05, 4.69) is 39.2 Å². The molecule has 0 unspecified atom stereocenters. The Labute approximate surface area is 147 Å². The van der Waals surface area contributed by atoms with E-state index in [0.29, 0.717) is 5.82 Å². The van der Waals surface area contributed by atoms with E-state index in [0.717, 1.165) is 44.0 Å². The highest BCUT2D eigenvalue weighted by molar-refractivity contribution is 5.69. The molecule has 1 fully saturated rings. The quantitative estimate of drug-likeness (QED) is 0.663. The van der Waals surface area contributed by atoms with E-state index in [4.69, 9.17) is 0 Å². The fourth-order valence-corrected chi connectivity index (χ4v) is 3.13. The molecule has 1 aliphatic rings. The molecule has 0 aliphatic carbocycles. The minimum Gasteiger partial charge on any atom is -0.369 e. The summed E-state index contributed by atoms with van der Waals surface area (Å²) in [5.74, 6) is 0.221. The highest BCUT2D eigenvalue weighted by Crippen LogP contribution is 2.29. The van der Waals surface area contributed by atoms with Gasteiger partial charge in [-0.25, -0.2) is 0 Å². The summed E-state index contributed by atoms with van der Waals surface area (Å²) in [6.45, 7) is 9.50. The van der Waals surface area contributed by atoms with E-state index in [1.54, 1.807) is 11.6 Å². The molecule has 2 heterocycles. The second-order valence-corrected chi connectivity index (χ2v) is 6.33. The molecule has 0 radical (unpaired) electrons. The molecule has 0 bridgehead atoms. The van der Waals surface area contributed by atoms with Crippen molar-refractivity contribution < 1.29 is 4.92 Å². The highest BCUT2D eigenvalue weighted by Gasteiger charge is 2.21. The Hall–Kier alpha value is -2.61. The summed E-state index contributed by atoms with van der Waals surface area (Å²) in [7, 11) is 1.74. The van der Waals surface area contributed by atoms with Gasteiger partial charge in [0.2, 0.25) is 12.1 Å². The van der Waals surface area contributed by atoms with E-state index in [1.165, 1.54) is 12.0 Å². The predicted octanol–water partition coefficient (Wildman–Crippen LogP) is 2.52. The van der Waals surface area contributed by atoms with Crippen LogP contribution < -0.4 is 10.2 Å². The standard InChI is InChI=1S/C17H24N6O2/c1-4-21-7-9-22(10-8-21)14-5-6-15(13(2)11-14)19-17-16(23(24)25)18-12-20(17)3/h5-6,11-12,19H,4,7-10H2,1-3H3. The largest absolute Gasteiger partial charge is 0.406 e. The van der Waals surface area contributed by atoms with E-state index in [1.807, 2.05) is 13.0 Å². The number of aryl methyl sites for hydroxylation is 2. The summed E-state index contributed by atoms with van der Waals surface area (Å²) in [5, 5.41) is 14.3. The zero-order valence-corrected chi connectivity index (χ0v) is 14.9. The number of imidazole rings is 1. The van der Waals surface area contributed by atoms with E-state index in [9.17, 15) is 10.1 Å². The van der Waals surface area contributed by atoms with Crippen LogP contribution >= 0.6 is 0 Å². The van der Waals surface area contributed by atoms with Gasteiger partial charge in [0, 0.05) is 44.6 Å². The molecule has 1 aromatic carbocycles. The molecule has 0 atom stereocenters. The molecule has 1 N–H and O–H groups in total. The van der Waals surface area contributed by atoms with Crippen LogP contribution in [-0.4, -0.2) is 52.1 Å². The van der Waals surface area contributed by atoms with Crippen LogP contribution in [0.1, 0.15) is 12.5 Å². The minimum atomic E-state index is -0.473. The smallest absolute Gasteiger partial charge is 0.369 e. The van der Waals surface area contributed by atoms with Gasteiger partial charge in [-0.15, -0.1) is 0 Å². The molecule has 1 aliphatic heterocycles. The summed E-state index contributed by atoms with van der Waals surface area (Å²) in [4.78, 5) is 19.3. The van der Waals surface area contributed by atoms with Gasteiger partial charge in [-0.2, -0.15) is 0 Å². The summed E-state index contributed by atoms with van der Waals surface area (Å²) in [5.41, 5.74) is 3.09. The number of benzene rings is 1. The van der Waals surface area contributed by atoms with Crippen LogP contribution in [0.5, 0.6) is 0 Å². The van der Waals surface area contributed by atoms with Gasteiger partial charge in [-0.3, -0.25) is 4.57 Å². The maximum Gasteiger partial charge on any atom is 0.406 e. The van der Waals surface area contributed by atoms with Crippen LogP contribution in [0.2, 0.25) is 0 Å². The third kappa shape index (κ3) is 3.58. The number of hydrogen-bond acceptors (Lipinski definition) is 6. The number of rotatable bonds is 5. The Balaban J connectivity index is 1.77. The lowest BCUT2D eigenvalue weighted by molar-refractivity contribution is -0.388. The molecule has 25 heavy (non-hydrogen) atoms. The number of nitrogens with one attached hydrogen (secondary N) is 1. The molecule has 1 aromatic heterocycles. The monoisotopic (exact) mass is 344 g/mol. The maximum atomic E-state index is 11.1. The number of hydrogen-bond donors (Lipinski definition) is 1. The van der Waals surface area contributed by atoms with E-state index >= 15 is 0 Å². The zero-order valence-electron chi connectivity index (χ0n) is 14.9.